The molecule has 4 aromatic rings. The molecule has 1 N–H and O–H groups in total. The minimum Gasteiger partial charge on any atom is -0.493 e. The highest BCUT2D eigenvalue weighted by atomic mass is 79.9. The first-order chi connectivity index (χ1) is 20.3. The van der Waals surface area contributed by atoms with Crippen molar-refractivity contribution in [1.29, 1.82) is 0 Å². The fourth-order valence-electron chi connectivity index (χ4n) is 4.62. The molecule has 0 unspecified atom stereocenters. The lowest BCUT2D eigenvalue weighted by atomic mass is 9.94. The van der Waals surface area contributed by atoms with E-state index in [1.54, 1.807) is 36.4 Å². The van der Waals surface area contributed by atoms with Crippen LogP contribution in [0.4, 0.5) is 8.78 Å². The van der Waals surface area contributed by atoms with Gasteiger partial charge in [0.15, 0.2) is 0 Å². The lowest BCUT2D eigenvalue weighted by molar-refractivity contribution is 0.0596. The molecule has 1 aliphatic carbocycles. The van der Waals surface area contributed by atoms with E-state index in [2.05, 4.69) is 15.9 Å². The molecule has 1 saturated carbocycles. The fourth-order valence-corrected chi connectivity index (χ4v) is 5.19. The number of aliphatic hydroxyl groups excluding tert-OH is 1. The SMILES string of the molecule is CCOc1cc(-c2ccc(F)cc2)c(Br)cc1C(=O)OC.CCOc1cc(-c2ccc(F)cc2)c(C2CC2)cc1CO. The van der Waals surface area contributed by atoms with Crippen molar-refractivity contribution in [3.63, 3.8) is 0 Å². The molecule has 0 spiro atoms. The minimum absolute atomic E-state index is 0.0290. The lowest BCUT2D eigenvalue weighted by Gasteiger charge is -2.16. The van der Waals surface area contributed by atoms with E-state index in [1.165, 1.54) is 49.8 Å². The van der Waals surface area contributed by atoms with Crippen molar-refractivity contribution in [2.24, 2.45) is 0 Å². The number of esters is 1. The Labute approximate surface area is 253 Å². The van der Waals surface area contributed by atoms with Gasteiger partial charge in [-0.3, -0.25) is 0 Å². The molecule has 0 saturated heterocycles. The van der Waals surface area contributed by atoms with Crippen molar-refractivity contribution in [2.75, 3.05) is 20.3 Å². The standard InChI is InChI=1S/C18H19FO2.C16H14BrFO3/c1-2-21-18-10-17(13-5-7-15(19)8-6-13)16(12-3-4-12)9-14(18)11-20;1-3-21-15-9-12(10-4-6-11(18)7-5-10)14(17)8-13(15)16(19)20-2/h5-10,12,20H,2-4,11H2,1H3;4-9H,3H2,1-2H3. The molecule has 0 aliphatic heterocycles. The zero-order chi connectivity index (χ0) is 30.2. The second-order valence-electron chi connectivity index (χ2n) is 9.68. The molecule has 0 radical (unpaired) electrons. The molecule has 0 amide bonds. The molecular weight excluding hydrogens is 606 g/mol. The molecule has 5 rings (SSSR count). The van der Waals surface area contributed by atoms with Gasteiger partial charge in [0.25, 0.3) is 0 Å². The van der Waals surface area contributed by atoms with Gasteiger partial charge in [0.1, 0.15) is 28.7 Å². The van der Waals surface area contributed by atoms with Gasteiger partial charge in [-0.15, -0.1) is 0 Å². The maximum atomic E-state index is 13.1. The Kier molecular flexibility index (Phi) is 10.7. The number of ether oxygens (including phenoxy) is 3. The quantitative estimate of drug-likeness (QED) is 0.186. The topological polar surface area (TPSA) is 65.0 Å². The van der Waals surface area contributed by atoms with Crippen molar-refractivity contribution in [3.8, 4) is 33.8 Å². The Morgan fingerprint density at radius 3 is 1.86 bits per heavy atom. The van der Waals surface area contributed by atoms with E-state index >= 15 is 0 Å². The third-order valence-electron chi connectivity index (χ3n) is 6.80. The van der Waals surface area contributed by atoms with Gasteiger partial charge in [-0.1, -0.05) is 40.2 Å². The first-order valence-corrected chi connectivity index (χ1v) is 14.6. The normalized spacial score (nSPS) is 12.3. The Balaban J connectivity index is 0.000000193. The molecule has 42 heavy (non-hydrogen) atoms. The van der Waals surface area contributed by atoms with Gasteiger partial charge in [-0.25, -0.2) is 13.6 Å². The zero-order valence-electron chi connectivity index (χ0n) is 23.8. The van der Waals surface area contributed by atoms with Crippen LogP contribution in [0, 0.1) is 11.6 Å². The van der Waals surface area contributed by atoms with E-state index in [-0.39, 0.29) is 18.2 Å². The van der Waals surface area contributed by atoms with Gasteiger partial charge in [0, 0.05) is 10.0 Å². The molecule has 0 aromatic heterocycles. The number of hydrogen-bond donors (Lipinski definition) is 1. The molecule has 4 aromatic carbocycles. The summed E-state index contributed by atoms with van der Waals surface area (Å²) in [5.41, 5.74) is 6.10. The lowest BCUT2D eigenvalue weighted by Crippen LogP contribution is -2.06. The van der Waals surface area contributed by atoms with Crippen LogP contribution in [-0.2, 0) is 11.3 Å². The van der Waals surface area contributed by atoms with Crippen LogP contribution in [0.15, 0.2) is 77.3 Å². The highest BCUT2D eigenvalue weighted by Gasteiger charge is 2.28. The van der Waals surface area contributed by atoms with E-state index in [9.17, 15) is 18.7 Å². The third-order valence-corrected chi connectivity index (χ3v) is 7.46. The van der Waals surface area contributed by atoms with Crippen LogP contribution >= 0.6 is 15.9 Å². The summed E-state index contributed by atoms with van der Waals surface area (Å²) in [6.07, 6.45) is 2.35. The van der Waals surface area contributed by atoms with E-state index in [0.29, 0.717) is 40.7 Å². The Morgan fingerprint density at radius 1 is 0.833 bits per heavy atom. The van der Waals surface area contributed by atoms with Gasteiger partial charge in [0.05, 0.1) is 26.9 Å². The number of hydrogen-bond acceptors (Lipinski definition) is 5. The minimum atomic E-state index is -0.468. The predicted molar refractivity (Wildman–Crippen MR) is 163 cm³/mol. The molecular formula is C34H33BrF2O5. The van der Waals surface area contributed by atoms with Gasteiger partial charge >= 0.3 is 5.97 Å². The molecule has 1 aliphatic rings. The Bertz CT molecular complexity index is 1520. The summed E-state index contributed by atoms with van der Waals surface area (Å²) in [5, 5.41) is 9.54. The number of halogens is 3. The monoisotopic (exact) mass is 638 g/mol. The predicted octanol–water partition coefficient (Wildman–Crippen LogP) is 8.70. The van der Waals surface area contributed by atoms with Crippen LogP contribution in [0.1, 0.15) is 54.1 Å². The summed E-state index contributed by atoms with van der Waals surface area (Å²) >= 11 is 3.43. The van der Waals surface area contributed by atoms with Crippen molar-refractivity contribution < 1.29 is 32.9 Å². The largest absolute Gasteiger partial charge is 0.493 e. The molecule has 5 nitrogen and oxygen atoms in total. The second-order valence-corrected chi connectivity index (χ2v) is 10.5. The first-order valence-electron chi connectivity index (χ1n) is 13.8. The average molecular weight is 640 g/mol. The van der Waals surface area contributed by atoms with Crippen LogP contribution < -0.4 is 9.47 Å². The highest BCUT2D eigenvalue weighted by Crippen LogP contribution is 2.46. The maximum absolute atomic E-state index is 13.1. The summed E-state index contributed by atoms with van der Waals surface area (Å²) in [5.74, 6) is 0.696. The van der Waals surface area contributed by atoms with Crippen LogP contribution in [0.25, 0.3) is 22.3 Å². The summed E-state index contributed by atoms with van der Waals surface area (Å²) in [6, 6.07) is 20.1. The van der Waals surface area contributed by atoms with Crippen molar-refractivity contribution in [2.45, 2.75) is 39.2 Å². The fraction of sp³-hybridized carbons (Fsp3) is 0.265. The molecule has 0 heterocycles. The molecule has 220 valence electrons. The van der Waals surface area contributed by atoms with Crippen LogP contribution in [0.2, 0.25) is 0 Å². The van der Waals surface area contributed by atoms with E-state index in [1.807, 2.05) is 26.0 Å². The van der Waals surface area contributed by atoms with Crippen molar-refractivity contribution in [3.05, 3.63) is 106 Å². The number of aliphatic hydroxyl groups is 1. The summed E-state index contributed by atoms with van der Waals surface area (Å²) in [6.45, 7) is 4.71. The van der Waals surface area contributed by atoms with Gasteiger partial charge < -0.3 is 19.3 Å². The number of carbonyl (C=O) groups is 1. The Hall–Kier alpha value is -3.75. The van der Waals surface area contributed by atoms with Gasteiger partial charge in [0.2, 0.25) is 0 Å². The average Bonchev–Trinajstić information content (AvgIpc) is 3.84. The summed E-state index contributed by atoms with van der Waals surface area (Å²) < 4.78 is 42.8. The van der Waals surface area contributed by atoms with Crippen LogP contribution in [0.3, 0.4) is 0 Å². The van der Waals surface area contributed by atoms with Gasteiger partial charge in [-0.05, 0) is 109 Å². The van der Waals surface area contributed by atoms with E-state index < -0.39 is 5.97 Å². The van der Waals surface area contributed by atoms with Crippen LogP contribution in [-0.4, -0.2) is 31.4 Å². The summed E-state index contributed by atoms with van der Waals surface area (Å²) in [4.78, 5) is 11.8. The molecule has 0 atom stereocenters. The number of rotatable bonds is 9. The first kappa shape index (κ1) is 31.2. The van der Waals surface area contributed by atoms with Gasteiger partial charge in [-0.2, -0.15) is 0 Å². The second kappa shape index (κ2) is 14.4. The zero-order valence-corrected chi connectivity index (χ0v) is 25.3. The Morgan fingerprint density at radius 2 is 1.36 bits per heavy atom. The molecule has 8 heteroatoms. The smallest absolute Gasteiger partial charge is 0.341 e. The molecule has 0 bridgehead atoms. The van der Waals surface area contributed by atoms with Crippen molar-refractivity contribution >= 4 is 21.9 Å². The molecule has 1 fully saturated rings. The number of methoxy groups -OCH3 is 1. The number of benzene rings is 4. The third kappa shape index (κ3) is 7.55. The number of carbonyl (C=O) groups excluding carboxylic acids is 1. The van der Waals surface area contributed by atoms with Crippen molar-refractivity contribution in [1.82, 2.24) is 0 Å². The summed E-state index contributed by atoms with van der Waals surface area (Å²) in [7, 11) is 1.32. The maximum Gasteiger partial charge on any atom is 0.341 e. The van der Waals surface area contributed by atoms with Crippen LogP contribution in [0.5, 0.6) is 11.5 Å². The van der Waals surface area contributed by atoms with E-state index in [0.717, 1.165) is 27.8 Å². The van der Waals surface area contributed by atoms with E-state index in [4.69, 9.17) is 14.2 Å². The highest BCUT2D eigenvalue weighted by molar-refractivity contribution is 9.10.